The summed E-state index contributed by atoms with van der Waals surface area (Å²) in [7, 11) is 0. The summed E-state index contributed by atoms with van der Waals surface area (Å²) in [5.74, 6) is -0.143. The molecule has 0 bridgehead atoms. The molecule has 0 unspecified atom stereocenters. The maximum Gasteiger partial charge on any atom is 0.345 e. The molecule has 6 nitrogen and oxygen atoms in total. The molecule has 2 aliphatic rings. The van der Waals surface area contributed by atoms with Crippen molar-refractivity contribution in [3.05, 3.63) is 57.0 Å². The maximum atomic E-state index is 13.2. The summed E-state index contributed by atoms with van der Waals surface area (Å²) >= 11 is 1.32. The number of aryl methyl sites for hydroxylation is 1. The fourth-order valence-corrected chi connectivity index (χ4v) is 5.75. The molecule has 1 N–H and O–H groups in total. The van der Waals surface area contributed by atoms with Gasteiger partial charge >= 0.3 is 5.97 Å². The highest BCUT2D eigenvalue weighted by molar-refractivity contribution is 7.14. The zero-order valence-electron chi connectivity index (χ0n) is 16.1. The van der Waals surface area contributed by atoms with Crippen molar-refractivity contribution in [3.8, 4) is 0 Å². The predicted octanol–water partition coefficient (Wildman–Crippen LogP) is 4.21. The van der Waals surface area contributed by atoms with Gasteiger partial charge in [0.15, 0.2) is 0 Å². The quantitative estimate of drug-likeness (QED) is 0.683. The van der Waals surface area contributed by atoms with E-state index in [4.69, 9.17) is 9.15 Å². The van der Waals surface area contributed by atoms with Gasteiger partial charge in [-0.3, -0.25) is 4.79 Å². The lowest BCUT2D eigenvalue weighted by atomic mass is 9.85. The van der Waals surface area contributed by atoms with Crippen molar-refractivity contribution >= 4 is 34.2 Å². The molecule has 0 aliphatic carbocycles. The number of amides is 1. The number of carboxylic acid groups (broad SMARTS) is 1. The lowest BCUT2D eigenvalue weighted by molar-refractivity contribution is -0.0906. The number of fused-ring (bicyclic) bond motifs is 3. The molecule has 1 aromatic carbocycles. The summed E-state index contributed by atoms with van der Waals surface area (Å²) in [6, 6.07) is 9.36. The van der Waals surface area contributed by atoms with E-state index in [9.17, 15) is 14.7 Å². The third-order valence-corrected chi connectivity index (χ3v) is 7.29. The Morgan fingerprint density at radius 1 is 1.21 bits per heavy atom. The molecule has 1 spiro atoms. The first-order chi connectivity index (χ1) is 14.0. The molecule has 4 heterocycles. The standard InChI is InChI=1S/C22H21NO5S/c1-13-11-14-3-2-4-16(18(14)28-13)20(24)23-8-6-22(7-9-23)19-15(5-10-27-22)12-17(29-19)21(25)26/h2-4,11-12H,5-10H2,1H3,(H,25,26). The van der Waals surface area contributed by atoms with Crippen LogP contribution in [0.5, 0.6) is 0 Å². The number of carbonyl (C=O) groups excluding carboxylic acids is 1. The number of thiophene rings is 1. The number of nitrogens with zero attached hydrogens (tertiary/aromatic N) is 1. The Morgan fingerprint density at radius 2 is 2.00 bits per heavy atom. The number of ether oxygens (including phenoxy) is 1. The van der Waals surface area contributed by atoms with E-state index in [2.05, 4.69) is 0 Å². The van der Waals surface area contributed by atoms with Crippen LogP contribution in [0.1, 0.15) is 49.1 Å². The fraction of sp³-hybridized carbons (Fsp3) is 0.364. The van der Waals surface area contributed by atoms with Crippen LogP contribution in [0.4, 0.5) is 0 Å². The molecular formula is C22H21NO5S. The van der Waals surface area contributed by atoms with Crippen LogP contribution in [0.2, 0.25) is 0 Å². The van der Waals surface area contributed by atoms with Crippen molar-refractivity contribution in [2.24, 2.45) is 0 Å². The Hall–Kier alpha value is -2.64. The first kappa shape index (κ1) is 18.4. The molecule has 1 saturated heterocycles. The van der Waals surface area contributed by atoms with E-state index >= 15 is 0 Å². The van der Waals surface area contributed by atoms with Gasteiger partial charge in [0.05, 0.1) is 12.2 Å². The van der Waals surface area contributed by atoms with Gasteiger partial charge < -0.3 is 19.2 Å². The average Bonchev–Trinajstić information content (AvgIpc) is 3.32. The van der Waals surface area contributed by atoms with Crippen molar-refractivity contribution in [1.29, 1.82) is 0 Å². The first-order valence-corrected chi connectivity index (χ1v) is 10.6. The van der Waals surface area contributed by atoms with Gasteiger partial charge in [-0.05, 0) is 49.9 Å². The normalized spacial score (nSPS) is 18.2. The summed E-state index contributed by atoms with van der Waals surface area (Å²) in [6.45, 7) is 3.59. The fourth-order valence-electron chi connectivity index (χ4n) is 4.50. The van der Waals surface area contributed by atoms with Crippen LogP contribution >= 0.6 is 11.3 Å². The number of aromatic carboxylic acids is 1. The number of hydrogen-bond donors (Lipinski definition) is 1. The van der Waals surface area contributed by atoms with Crippen molar-refractivity contribution in [3.63, 3.8) is 0 Å². The smallest absolute Gasteiger partial charge is 0.345 e. The molecule has 29 heavy (non-hydrogen) atoms. The van der Waals surface area contributed by atoms with Gasteiger partial charge in [0, 0.05) is 23.4 Å². The minimum atomic E-state index is -0.894. The number of likely N-dealkylation sites (tertiary alicyclic amines) is 1. The largest absolute Gasteiger partial charge is 0.477 e. The zero-order valence-corrected chi connectivity index (χ0v) is 16.9. The van der Waals surface area contributed by atoms with E-state index in [1.165, 1.54) is 11.3 Å². The van der Waals surface area contributed by atoms with Crippen molar-refractivity contribution < 1.29 is 23.8 Å². The highest BCUT2D eigenvalue weighted by Crippen LogP contribution is 2.45. The summed E-state index contributed by atoms with van der Waals surface area (Å²) < 4.78 is 12.0. The molecule has 3 aromatic rings. The highest BCUT2D eigenvalue weighted by atomic mass is 32.1. The van der Waals surface area contributed by atoms with E-state index in [0.717, 1.165) is 28.0 Å². The molecular weight excluding hydrogens is 390 g/mol. The van der Waals surface area contributed by atoms with Gasteiger partial charge in [0.25, 0.3) is 5.91 Å². The number of furan rings is 1. The van der Waals surface area contributed by atoms with Crippen LogP contribution in [0, 0.1) is 6.92 Å². The minimum absolute atomic E-state index is 0.0340. The number of hydrogen-bond acceptors (Lipinski definition) is 5. The first-order valence-electron chi connectivity index (χ1n) is 9.76. The molecule has 0 radical (unpaired) electrons. The Balaban J connectivity index is 1.40. The van der Waals surface area contributed by atoms with Crippen LogP contribution < -0.4 is 0 Å². The average molecular weight is 411 g/mol. The Bertz CT molecular complexity index is 1120. The second-order valence-electron chi connectivity index (χ2n) is 7.74. The van der Waals surface area contributed by atoms with Crippen LogP contribution in [0.15, 0.2) is 34.7 Å². The SMILES string of the molecule is Cc1cc2cccc(C(=O)N3CCC4(CC3)OCCc3cc(C(=O)O)sc34)c2o1. The molecule has 7 heteroatoms. The van der Waals surface area contributed by atoms with Gasteiger partial charge in [0.1, 0.15) is 21.8 Å². The molecule has 5 rings (SSSR count). The monoisotopic (exact) mass is 411 g/mol. The molecule has 2 aliphatic heterocycles. The number of piperidine rings is 1. The summed E-state index contributed by atoms with van der Waals surface area (Å²) in [5.41, 5.74) is 1.82. The molecule has 1 fully saturated rings. The highest BCUT2D eigenvalue weighted by Gasteiger charge is 2.43. The van der Waals surface area contributed by atoms with Gasteiger partial charge in [-0.2, -0.15) is 0 Å². The van der Waals surface area contributed by atoms with Crippen LogP contribution in [-0.4, -0.2) is 41.6 Å². The van der Waals surface area contributed by atoms with Crippen molar-refractivity contribution in [1.82, 2.24) is 4.90 Å². The summed E-state index contributed by atoms with van der Waals surface area (Å²) in [6.07, 6.45) is 2.07. The topological polar surface area (TPSA) is 80.0 Å². The number of benzene rings is 1. The van der Waals surface area contributed by atoms with E-state index in [-0.39, 0.29) is 5.91 Å². The van der Waals surface area contributed by atoms with Crippen LogP contribution in [-0.2, 0) is 16.8 Å². The Morgan fingerprint density at radius 3 is 2.76 bits per heavy atom. The second-order valence-corrected chi connectivity index (χ2v) is 8.79. The summed E-state index contributed by atoms with van der Waals surface area (Å²) in [4.78, 5) is 27.8. The van der Waals surface area contributed by atoms with E-state index < -0.39 is 11.6 Å². The Kier molecular flexibility index (Phi) is 4.26. The lowest BCUT2D eigenvalue weighted by Gasteiger charge is -2.43. The number of rotatable bonds is 2. The Labute approximate surface area is 171 Å². The molecule has 1 amide bonds. The van der Waals surface area contributed by atoms with E-state index in [1.807, 2.05) is 36.1 Å². The minimum Gasteiger partial charge on any atom is -0.477 e. The third-order valence-electron chi connectivity index (χ3n) is 5.94. The van der Waals surface area contributed by atoms with Gasteiger partial charge in [-0.1, -0.05) is 12.1 Å². The predicted molar refractivity (Wildman–Crippen MR) is 109 cm³/mol. The number of carboxylic acids is 1. The van der Waals surface area contributed by atoms with Gasteiger partial charge in [0.2, 0.25) is 0 Å². The molecule has 0 atom stereocenters. The molecule has 150 valence electrons. The lowest BCUT2D eigenvalue weighted by Crippen LogP contribution is -2.47. The zero-order chi connectivity index (χ0) is 20.2. The van der Waals surface area contributed by atoms with E-state index in [0.29, 0.717) is 48.6 Å². The van der Waals surface area contributed by atoms with Crippen molar-refractivity contribution in [2.45, 2.75) is 31.8 Å². The van der Waals surface area contributed by atoms with Gasteiger partial charge in [-0.15, -0.1) is 11.3 Å². The number of para-hydroxylation sites is 1. The van der Waals surface area contributed by atoms with Gasteiger partial charge in [-0.25, -0.2) is 4.79 Å². The van der Waals surface area contributed by atoms with Crippen LogP contribution in [0.3, 0.4) is 0 Å². The third kappa shape index (κ3) is 2.96. The van der Waals surface area contributed by atoms with E-state index in [1.54, 1.807) is 6.07 Å². The number of carbonyl (C=O) groups is 2. The summed E-state index contributed by atoms with van der Waals surface area (Å²) in [5, 5.41) is 10.3. The van der Waals surface area contributed by atoms with Crippen LogP contribution in [0.25, 0.3) is 11.0 Å². The molecule has 2 aromatic heterocycles. The second kappa shape index (κ2) is 6.71. The van der Waals surface area contributed by atoms with Crippen molar-refractivity contribution in [2.75, 3.05) is 19.7 Å². The maximum absolute atomic E-state index is 13.2. The molecule has 0 saturated carbocycles.